The molecule has 1 unspecified atom stereocenters. The summed E-state index contributed by atoms with van der Waals surface area (Å²) in [5.74, 6) is 0.384. The van der Waals surface area contributed by atoms with E-state index in [0.717, 1.165) is 18.4 Å². The summed E-state index contributed by atoms with van der Waals surface area (Å²) in [6.07, 6.45) is 2.28. The number of carbonyl (C=O) groups excluding carboxylic acids is 1. The molecule has 1 aliphatic rings. The lowest BCUT2D eigenvalue weighted by molar-refractivity contribution is 0.0727. The van der Waals surface area contributed by atoms with E-state index in [0.29, 0.717) is 21.6 Å². The van der Waals surface area contributed by atoms with Gasteiger partial charge in [0.1, 0.15) is 0 Å². The first kappa shape index (κ1) is 19.9. The molecule has 0 saturated heterocycles. The average Bonchev–Trinajstić information content (AvgIpc) is 3.48. The standard InChI is InChI=1S/C20H23BrN2O3S/c1-13-7-10-18(21)19(11-13)22-27(25,26)17-6-4-5-16(12-17)20(24)23(3)14(2)15-8-9-15/h4-7,10-12,14-15,22H,8-9H2,1-3H3. The molecule has 1 N–H and O–H groups in total. The van der Waals surface area contributed by atoms with E-state index >= 15 is 0 Å². The van der Waals surface area contributed by atoms with E-state index in [1.165, 1.54) is 12.1 Å². The van der Waals surface area contributed by atoms with Crippen LogP contribution in [0.15, 0.2) is 51.8 Å². The zero-order valence-electron chi connectivity index (χ0n) is 15.6. The van der Waals surface area contributed by atoms with Crippen LogP contribution < -0.4 is 4.72 Å². The van der Waals surface area contributed by atoms with Crippen molar-refractivity contribution in [1.29, 1.82) is 0 Å². The van der Waals surface area contributed by atoms with Crippen LogP contribution in [-0.2, 0) is 10.0 Å². The van der Waals surface area contributed by atoms with Crippen LogP contribution in [-0.4, -0.2) is 32.3 Å². The molecule has 0 bridgehead atoms. The number of rotatable bonds is 6. The number of carbonyl (C=O) groups is 1. The minimum atomic E-state index is -3.81. The molecule has 7 heteroatoms. The first-order valence-electron chi connectivity index (χ1n) is 8.85. The van der Waals surface area contributed by atoms with Gasteiger partial charge in [-0.25, -0.2) is 8.42 Å². The van der Waals surface area contributed by atoms with Gasteiger partial charge in [-0.1, -0.05) is 12.1 Å². The minimum Gasteiger partial charge on any atom is -0.339 e. The number of nitrogens with zero attached hydrogens (tertiary/aromatic N) is 1. The summed E-state index contributed by atoms with van der Waals surface area (Å²) in [4.78, 5) is 14.5. The molecule has 1 saturated carbocycles. The fourth-order valence-electron chi connectivity index (χ4n) is 3.00. The van der Waals surface area contributed by atoms with Crippen molar-refractivity contribution < 1.29 is 13.2 Å². The van der Waals surface area contributed by atoms with Crippen LogP contribution in [0.2, 0.25) is 0 Å². The van der Waals surface area contributed by atoms with E-state index in [1.54, 1.807) is 36.2 Å². The summed E-state index contributed by atoms with van der Waals surface area (Å²) < 4.78 is 28.9. The summed E-state index contributed by atoms with van der Waals surface area (Å²) >= 11 is 3.36. The maximum absolute atomic E-state index is 12.8. The molecule has 5 nitrogen and oxygen atoms in total. The zero-order chi connectivity index (χ0) is 19.8. The van der Waals surface area contributed by atoms with E-state index in [4.69, 9.17) is 0 Å². The van der Waals surface area contributed by atoms with Gasteiger partial charge in [0.25, 0.3) is 15.9 Å². The molecule has 144 valence electrons. The Morgan fingerprint density at radius 1 is 1.22 bits per heavy atom. The van der Waals surface area contributed by atoms with Gasteiger partial charge < -0.3 is 4.90 Å². The van der Waals surface area contributed by atoms with Gasteiger partial charge in [0, 0.05) is 23.1 Å². The third-order valence-corrected chi connectivity index (χ3v) is 7.05. The van der Waals surface area contributed by atoms with Crippen LogP contribution in [0.1, 0.15) is 35.7 Å². The molecular formula is C20H23BrN2O3S. The van der Waals surface area contributed by atoms with Crippen molar-refractivity contribution in [3.8, 4) is 0 Å². The molecule has 2 aromatic carbocycles. The summed E-state index contributed by atoms with van der Waals surface area (Å²) in [6, 6.07) is 11.8. The molecule has 27 heavy (non-hydrogen) atoms. The fourth-order valence-corrected chi connectivity index (χ4v) is 4.59. The van der Waals surface area contributed by atoms with Crippen LogP contribution in [0.25, 0.3) is 0 Å². The first-order chi connectivity index (χ1) is 12.7. The molecule has 0 aliphatic heterocycles. The lowest BCUT2D eigenvalue weighted by Gasteiger charge is -2.25. The Bertz CT molecular complexity index is 971. The van der Waals surface area contributed by atoms with Gasteiger partial charge in [-0.3, -0.25) is 9.52 Å². The first-order valence-corrected chi connectivity index (χ1v) is 11.1. The third-order valence-electron chi connectivity index (χ3n) is 4.99. The highest BCUT2D eigenvalue weighted by molar-refractivity contribution is 9.10. The molecule has 0 radical (unpaired) electrons. The molecule has 0 aromatic heterocycles. The second-order valence-corrected chi connectivity index (χ2v) is 9.65. The molecule has 1 amide bonds. The maximum atomic E-state index is 12.8. The molecule has 0 heterocycles. The normalized spacial score (nSPS) is 15.3. The average molecular weight is 451 g/mol. The Labute approximate surface area is 169 Å². The number of benzene rings is 2. The van der Waals surface area contributed by atoms with Crippen LogP contribution in [0.4, 0.5) is 5.69 Å². The second-order valence-electron chi connectivity index (χ2n) is 7.11. The highest BCUT2D eigenvalue weighted by Gasteiger charge is 2.33. The molecule has 1 aliphatic carbocycles. The van der Waals surface area contributed by atoms with Crippen molar-refractivity contribution in [3.05, 3.63) is 58.1 Å². The van der Waals surface area contributed by atoms with Crippen molar-refractivity contribution in [2.75, 3.05) is 11.8 Å². The smallest absolute Gasteiger partial charge is 0.261 e. The number of amides is 1. The number of nitrogens with one attached hydrogen (secondary N) is 1. The van der Waals surface area contributed by atoms with Gasteiger partial charge in [0.2, 0.25) is 0 Å². The second kappa shape index (κ2) is 7.64. The van der Waals surface area contributed by atoms with E-state index in [1.807, 2.05) is 19.9 Å². The van der Waals surface area contributed by atoms with Crippen LogP contribution in [0.3, 0.4) is 0 Å². The van der Waals surface area contributed by atoms with Gasteiger partial charge in [-0.15, -0.1) is 0 Å². The molecule has 3 rings (SSSR count). The predicted octanol–water partition coefficient (Wildman–Crippen LogP) is 4.43. The predicted molar refractivity (Wildman–Crippen MR) is 110 cm³/mol. The van der Waals surface area contributed by atoms with Gasteiger partial charge in [0.15, 0.2) is 0 Å². The topological polar surface area (TPSA) is 66.5 Å². The van der Waals surface area contributed by atoms with Gasteiger partial charge in [-0.2, -0.15) is 0 Å². The number of aryl methyl sites for hydroxylation is 1. The monoisotopic (exact) mass is 450 g/mol. The Morgan fingerprint density at radius 2 is 1.93 bits per heavy atom. The Kier molecular flexibility index (Phi) is 5.63. The quantitative estimate of drug-likeness (QED) is 0.707. The number of hydrogen-bond donors (Lipinski definition) is 1. The summed E-state index contributed by atoms with van der Waals surface area (Å²) in [5, 5.41) is 0. The number of sulfonamides is 1. The Morgan fingerprint density at radius 3 is 2.59 bits per heavy atom. The number of anilines is 1. The molecule has 0 spiro atoms. The zero-order valence-corrected chi connectivity index (χ0v) is 18.0. The number of hydrogen-bond acceptors (Lipinski definition) is 3. The molecular weight excluding hydrogens is 428 g/mol. The fraction of sp³-hybridized carbons (Fsp3) is 0.350. The van der Waals surface area contributed by atoms with E-state index in [-0.39, 0.29) is 16.8 Å². The van der Waals surface area contributed by atoms with Gasteiger partial charge >= 0.3 is 0 Å². The van der Waals surface area contributed by atoms with Gasteiger partial charge in [-0.05, 0) is 84.4 Å². The lowest BCUT2D eigenvalue weighted by Crippen LogP contribution is -2.36. The molecule has 1 fully saturated rings. The van der Waals surface area contributed by atoms with Crippen molar-refractivity contribution in [3.63, 3.8) is 0 Å². The Balaban J connectivity index is 1.85. The number of halogens is 1. The molecule has 1 atom stereocenters. The van der Waals surface area contributed by atoms with E-state index < -0.39 is 10.0 Å². The van der Waals surface area contributed by atoms with E-state index in [2.05, 4.69) is 20.7 Å². The van der Waals surface area contributed by atoms with Crippen molar-refractivity contribution >= 4 is 37.5 Å². The van der Waals surface area contributed by atoms with E-state index in [9.17, 15) is 13.2 Å². The van der Waals surface area contributed by atoms with Crippen molar-refractivity contribution in [2.24, 2.45) is 5.92 Å². The molecule has 2 aromatic rings. The van der Waals surface area contributed by atoms with Crippen molar-refractivity contribution in [1.82, 2.24) is 4.90 Å². The highest BCUT2D eigenvalue weighted by atomic mass is 79.9. The SMILES string of the molecule is Cc1ccc(Br)c(NS(=O)(=O)c2cccc(C(=O)N(C)C(C)C3CC3)c2)c1. The summed E-state index contributed by atoms with van der Waals surface area (Å²) in [7, 11) is -2.04. The Hall–Kier alpha value is -1.86. The van der Waals surface area contributed by atoms with Gasteiger partial charge in [0.05, 0.1) is 10.6 Å². The summed E-state index contributed by atoms with van der Waals surface area (Å²) in [5.41, 5.74) is 1.78. The summed E-state index contributed by atoms with van der Waals surface area (Å²) in [6.45, 7) is 3.92. The van der Waals surface area contributed by atoms with Crippen LogP contribution >= 0.6 is 15.9 Å². The lowest BCUT2D eigenvalue weighted by atomic mass is 10.1. The third kappa shape index (κ3) is 4.52. The van der Waals surface area contributed by atoms with Crippen molar-refractivity contribution in [2.45, 2.75) is 37.6 Å². The highest BCUT2D eigenvalue weighted by Crippen LogP contribution is 2.35. The largest absolute Gasteiger partial charge is 0.339 e. The van der Waals surface area contributed by atoms with Crippen LogP contribution in [0.5, 0.6) is 0 Å². The maximum Gasteiger partial charge on any atom is 0.261 e. The van der Waals surface area contributed by atoms with Crippen LogP contribution in [0, 0.1) is 12.8 Å². The minimum absolute atomic E-state index is 0.0641.